The maximum atomic E-state index is 2.45. The first-order valence-corrected chi connectivity index (χ1v) is 12.9. The molecule has 4 aromatic rings. The largest absolute Gasteiger partial charge is 0.0619 e. The Morgan fingerprint density at radius 1 is 0.364 bits per heavy atom. The summed E-state index contributed by atoms with van der Waals surface area (Å²) in [5.74, 6) is 0. The van der Waals surface area contributed by atoms with Crippen LogP contribution in [0.2, 0.25) is 0 Å². The Morgan fingerprint density at radius 3 is 0.909 bits per heavy atom. The zero-order valence-corrected chi connectivity index (χ0v) is 18.7. The molecule has 156 valence electrons. The standard InChI is InChI=1S/C33H24/c1-4-10-22-19(7-1)25-28(31(22)13-14-31)26-21-9-3-6-12-24(21)33(17-18-33)30(26)27-20-8-2-5-11-23(20)32(15-16-32)29(25)27/h1-12H,13-18H2. The van der Waals surface area contributed by atoms with Crippen molar-refractivity contribution in [3.8, 4) is 33.4 Å². The Kier molecular flexibility index (Phi) is 2.36. The molecule has 0 bridgehead atoms. The van der Waals surface area contributed by atoms with Gasteiger partial charge in [-0.25, -0.2) is 0 Å². The van der Waals surface area contributed by atoms with E-state index >= 15 is 0 Å². The average Bonchev–Trinajstić information content (AvgIpc) is 3.76. The molecular weight excluding hydrogens is 396 g/mol. The molecule has 0 atom stereocenters. The second-order valence-corrected chi connectivity index (χ2v) is 11.6. The van der Waals surface area contributed by atoms with Crippen LogP contribution in [-0.4, -0.2) is 0 Å². The summed E-state index contributed by atoms with van der Waals surface area (Å²) >= 11 is 0. The molecule has 6 aliphatic carbocycles. The summed E-state index contributed by atoms with van der Waals surface area (Å²) in [7, 11) is 0. The molecule has 10 rings (SSSR count). The molecule has 0 aromatic heterocycles. The average molecular weight is 421 g/mol. The van der Waals surface area contributed by atoms with Crippen LogP contribution in [0.4, 0.5) is 0 Å². The predicted octanol–water partition coefficient (Wildman–Crippen LogP) is 7.87. The van der Waals surface area contributed by atoms with Gasteiger partial charge in [0.15, 0.2) is 0 Å². The minimum atomic E-state index is 0.267. The molecule has 3 saturated carbocycles. The van der Waals surface area contributed by atoms with Crippen LogP contribution in [0, 0.1) is 0 Å². The number of benzene rings is 4. The van der Waals surface area contributed by atoms with Crippen LogP contribution in [-0.2, 0) is 16.2 Å². The van der Waals surface area contributed by atoms with Crippen molar-refractivity contribution in [1.82, 2.24) is 0 Å². The van der Waals surface area contributed by atoms with Gasteiger partial charge in [-0.15, -0.1) is 0 Å². The highest BCUT2D eigenvalue weighted by atomic mass is 14.7. The summed E-state index contributed by atoms with van der Waals surface area (Å²) in [6.45, 7) is 0. The Hall–Kier alpha value is -3.12. The molecule has 0 radical (unpaired) electrons. The van der Waals surface area contributed by atoms with Crippen molar-refractivity contribution in [1.29, 1.82) is 0 Å². The summed E-state index contributed by atoms with van der Waals surface area (Å²) in [6, 6.07) is 28.4. The summed E-state index contributed by atoms with van der Waals surface area (Å²) in [6.07, 6.45) is 7.90. The molecular formula is C33H24. The lowest BCUT2D eigenvalue weighted by Crippen LogP contribution is -2.12. The van der Waals surface area contributed by atoms with Crippen LogP contribution in [0.3, 0.4) is 0 Å². The van der Waals surface area contributed by atoms with Crippen molar-refractivity contribution in [2.24, 2.45) is 0 Å². The molecule has 0 amide bonds. The van der Waals surface area contributed by atoms with E-state index in [1.54, 1.807) is 66.8 Å². The lowest BCUT2D eigenvalue weighted by atomic mass is 9.78. The van der Waals surface area contributed by atoms with Gasteiger partial charge in [0.25, 0.3) is 0 Å². The van der Waals surface area contributed by atoms with Gasteiger partial charge in [-0.3, -0.25) is 0 Å². The third kappa shape index (κ3) is 1.53. The van der Waals surface area contributed by atoms with Crippen LogP contribution >= 0.6 is 0 Å². The monoisotopic (exact) mass is 420 g/mol. The van der Waals surface area contributed by atoms with Crippen molar-refractivity contribution in [3.63, 3.8) is 0 Å². The maximum absolute atomic E-state index is 2.45. The van der Waals surface area contributed by atoms with Crippen LogP contribution < -0.4 is 0 Å². The lowest BCUT2D eigenvalue weighted by Gasteiger charge is -2.24. The number of hydrogen-bond acceptors (Lipinski definition) is 0. The Bertz CT molecular complexity index is 1400. The smallest absolute Gasteiger partial charge is 0.0222 e. The van der Waals surface area contributed by atoms with E-state index in [0.29, 0.717) is 0 Å². The second-order valence-electron chi connectivity index (χ2n) is 11.6. The topological polar surface area (TPSA) is 0 Å². The predicted molar refractivity (Wildman–Crippen MR) is 133 cm³/mol. The number of fused-ring (bicyclic) bond motifs is 18. The molecule has 0 nitrogen and oxygen atoms in total. The van der Waals surface area contributed by atoms with Crippen molar-refractivity contribution < 1.29 is 0 Å². The minimum Gasteiger partial charge on any atom is -0.0619 e. The van der Waals surface area contributed by atoms with Gasteiger partial charge < -0.3 is 0 Å². The molecule has 33 heavy (non-hydrogen) atoms. The number of rotatable bonds is 0. The van der Waals surface area contributed by atoms with E-state index in [4.69, 9.17) is 0 Å². The first kappa shape index (κ1) is 16.5. The van der Waals surface area contributed by atoms with E-state index in [0.717, 1.165) is 0 Å². The molecule has 0 aliphatic heterocycles. The van der Waals surface area contributed by atoms with E-state index in [1.807, 2.05) is 0 Å². The highest BCUT2D eigenvalue weighted by molar-refractivity contribution is 6.06. The summed E-state index contributed by atoms with van der Waals surface area (Å²) in [4.78, 5) is 0. The van der Waals surface area contributed by atoms with Gasteiger partial charge in [0.1, 0.15) is 0 Å². The highest BCUT2D eigenvalue weighted by Crippen LogP contribution is 2.77. The lowest BCUT2D eigenvalue weighted by molar-refractivity contribution is 0.844. The molecule has 4 aromatic carbocycles. The van der Waals surface area contributed by atoms with Crippen molar-refractivity contribution >= 4 is 0 Å². The molecule has 0 N–H and O–H groups in total. The fourth-order valence-electron chi connectivity index (χ4n) is 8.69. The van der Waals surface area contributed by atoms with Crippen molar-refractivity contribution in [3.05, 3.63) is 106 Å². The molecule has 0 heterocycles. The first-order chi connectivity index (χ1) is 16.3. The second kappa shape index (κ2) is 4.73. The van der Waals surface area contributed by atoms with Gasteiger partial charge in [0.05, 0.1) is 0 Å². The van der Waals surface area contributed by atoms with Gasteiger partial charge in [-0.05, 0) is 105 Å². The van der Waals surface area contributed by atoms with Crippen LogP contribution in [0.1, 0.15) is 71.9 Å². The normalized spacial score (nSPS) is 22.5. The van der Waals surface area contributed by atoms with Gasteiger partial charge in [-0.1, -0.05) is 72.8 Å². The van der Waals surface area contributed by atoms with E-state index < -0.39 is 0 Å². The van der Waals surface area contributed by atoms with Gasteiger partial charge in [-0.2, -0.15) is 0 Å². The molecule has 0 saturated heterocycles. The summed E-state index contributed by atoms with van der Waals surface area (Å²) < 4.78 is 0. The third-order valence-corrected chi connectivity index (χ3v) is 10.3. The van der Waals surface area contributed by atoms with E-state index in [2.05, 4.69) is 72.8 Å². The molecule has 0 heteroatoms. The fourth-order valence-corrected chi connectivity index (χ4v) is 8.69. The van der Waals surface area contributed by atoms with Crippen LogP contribution in [0.15, 0.2) is 72.8 Å². The molecule has 3 fully saturated rings. The highest BCUT2D eigenvalue weighted by Gasteiger charge is 2.64. The molecule has 0 unspecified atom stereocenters. The Morgan fingerprint density at radius 2 is 0.636 bits per heavy atom. The summed E-state index contributed by atoms with van der Waals surface area (Å²) in [5.41, 5.74) is 20.5. The fraction of sp³-hybridized carbons (Fsp3) is 0.273. The van der Waals surface area contributed by atoms with Gasteiger partial charge >= 0.3 is 0 Å². The van der Waals surface area contributed by atoms with Gasteiger partial charge in [0, 0.05) is 16.2 Å². The molecule has 6 aliphatic rings. The third-order valence-electron chi connectivity index (χ3n) is 10.3. The van der Waals surface area contributed by atoms with Gasteiger partial charge in [0.2, 0.25) is 0 Å². The Labute approximate surface area is 194 Å². The van der Waals surface area contributed by atoms with E-state index in [1.165, 1.54) is 38.5 Å². The van der Waals surface area contributed by atoms with Crippen LogP contribution in [0.25, 0.3) is 33.4 Å². The number of hydrogen-bond donors (Lipinski definition) is 0. The molecule has 3 spiro atoms. The van der Waals surface area contributed by atoms with Crippen molar-refractivity contribution in [2.45, 2.75) is 54.8 Å². The summed E-state index contributed by atoms with van der Waals surface area (Å²) in [5, 5.41) is 0. The first-order valence-electron chi connectivity index (χ1n) is 12.9. The zero-order chi connectivity index (χ0) is 21.2. The quantitative estimate of drug-likeness (QED) is 0.271. The minimum absolute atomic E-state index is 0.267. The zero-order valence-electron chi connectivity index (χ0n) is 18.7. The van der Waals surface area contributed by atoms with Crippen molar-refractivity contribution in [2.75, 3.05) is 0 Å². The SMILES string of the molecule is c1ccc2c(c1)-c1c(c3c(c4c1C1(CC1)c1ccccc1-4)C1(CC1)c1ccccc1-3)C21CC1. The van der Waals surface area contributed by atoms with E-state index in [-0.39, 0.29) is 16.2 Å². The van der Waals surface area contributed by atoms with Crippen LogP contribution in [0.5, 0.6) is 0 Å². The maximum Gasteiger partial charge on any atom is 0.0222 e. The van der Waals surface area contributed by atoms with E-state index in [9.17, 15) is 0 Å². The Balaban J connectivity index is 1.49.